The van der Waals surface area contributed by atoms with E-state index in [2.05, 4.69) is 10.3 Å². The fraction of sp³-hybridized carbons (Fsp3) is 0.150. The first kappa shape index (κ1) is 16.8. The van der Waals surface area contributed by atoms with E-state index in [4.69, 9.17) is 4.42 Å². The fourth-order valence-corrected chi connectivity index (χ4v) is 3.10. The van der Waals surface area contributed by atoms with Gasteiger partial charge in [0.25, 0.3) is 5.91 Å². The lowest BCUT2D eigenvalue weighted by Crippen LogP contribution is -2.36. The summed E-state index contributed by atoms with van der Waals surface area (Å²) in [5.41, 5.74) is 2.62. The Balaban J connectivity index is 1.63. The largest absolute Gasteiger partial charge is 0.618 e. The van der Waals surface area contributed by atoms with Crippen LogP contribution in [0.15, 0.2) is 46.9 Å². The Morgan fingerprint density at radius 3 is 2.85 bits per heavy atom. The first-order valence-corrected chi connectivity index (χ1v) is 8.44. The second-order valence-electron chi connectivity index (χ2n) is 6.34. The van der Waals surface area contributed by atoms with Gasteiger partial charge in [0.15, 0.2) is 5.69 Å². The number of para-hydroxylation sites is 2. The van der Waals surface area contributed by atoms with Gasteiger partial charge in [-0.2, -0.15) is 4.73 Å². The summed E-state index contributed by atoms with van der Waals surface area (Å²) in [4.78, 5) is 16.9. The van der Waals surface area contributed by atoms with E-state index >= 15 is 0 Å². The van der Waals surface area contributed by atoms with Crippen LogP contribution in [-0.4, -0.2) is 16.0 Å². The summed E-state index contributed by atoms with van der Waals surface area (Å²) < 4.78 is 6.44. The third-order valence-corrected chi connectivity index (χ3v) is 4.63. The second-order valence-corrected chi connectivity index (χ2v) is 6.34. The molecule has 27 heavy (non-hydrogen) atoms. The highest BCUT2D eigenvalue weighted by Crippen LogP contribution is 2.28. The Bertz CT molecular complexity index is 1200. The van der Waals surface area contributed by atoms with Crippen LogP contribution in [0.1, 0.15) is 27.5 Å². The van der Waals surface area contributed by atoms with E-state index in [1.165, 1.54) is 6.07 Å². The van der Waals surface area contributed by atoms with E-state index < -0.39 is 5.91 Å². The Labute approximate surface area is 154 Å². The number of amides is 1. The number of carbonyl (C=O) groups is 1. The number of carbonyl (C=O) groups excluding carboxylic acids is 1. The monoisotopic (exact) mass is 363 g/mol. The molecular formula is C20H17N3O4. The highest BCUT2D eigenvalue weighted by atomic mass is 16.5. The number of hydrogen-bond acceptors (Lipinski definition) is 5. The molecule has 4 aromatic rings. The molecule has 0 aliphatic heterocycles. The molecule has 0 unspecified atom stereocenters. The minimum Gasteiger partial charge on any atom is -0.618 e. The van der Waals surface area contributed by atoms with E-state index in [1.807, 2.05) is 6.92 Å². The Kier molecular flexibility index (Phi) is 3.92. The molecule has 0 saturated carbocycles. The molecule has 2 N–H and O–H groups in total. The van der Waals surface area contributed by atoms with E-state index in [1.54, 1.807) is 43.3 Å². The number of furan rings is 1. The quantitative estimate of drug-likeness (QED) is 0.430. The molecule has 2 aromatic carbocycles. The number of fused-ring (bicyclic) bond motifs is 2. The SMILES string of the molecule is Cc1c(CNC(=O)c2nc3ccccc3[n+]([O-])c2C)oc2cc(O)ccc12. The van der Waals surface area contributed by atoms with Crippen LogP contribution in [-0.2, 0) is 6.54 Å². The van der Waals surface area contributed by atoms with Crippen LogP contribution in [0.5, 0.6) is 5.75 Å². The van der Waals surface area contributed by atoms with Gasteiger partial charge in [-0.25, -0.2) is 4.98 Å². The van der Waals surface area contributed by atoms with Crippen molar-refractivity contribution in [3.05, 3.63) is 70.4 Å². The lowest BCUT2D eigenvalue weighted by molar-refractivity contribution is -0.584. The first-order chi connectivity index (χ1) is 13.0. The van der Waals surface area contributed by atoms with Crippen molar-refractivity contribution in [3.63, 3.8) is 0 Å². The number of benzene rings is 2. The van der Waals surface area contributed by atoms with Gasteiger partial charge in [0.2, 0.25) is 11.2 Å². The van der Waals surface area contributed by atoms with Gasteiger partial charge < -0.3 is 20.0 Å². The fourth-order valence-electron chi connectivity index (χ4n) is 3.10. The van der Waals surface area contributed by atoms with Gasteiger partial charge in [-0.1, -0.05) is 12.1 Å². The molecule has 0 saturated heterocycles. The third-order valence-electron chi connectivity index (χ3n) is 4.63. The van der Waals surface area contributed by atoms with E-state index in [9.17, 15) is 15.1 Å². The van der Waals surface area contributed by atoms with Crippen LogP contribution in [0.25, 0.3) is 22.0 Å². The van der Waals surface area contributed by atoms with Gasteiger partial charge in [0, 0.05) is 30.0 Å². The van der Waals surface area contributed by atoms with E-state index in [0.29, 0.717) is 27.1 Å². The molecule has 2 aromatic heterocycles. The van der Waals surface area contributed by atoms with Gasteiger partial charge in [-0.05, 0) is 25.1 Å². The molecule has 136 valence electrons. The lowest BCUT2D eigenvalue weighted by Gasteiger charge is -2.09. The number of nitrogens with one attached hydrogen (secondary N) is 1. The molecule has 2 heterocycles. The summed E-state index contributed by atoms with van der Waals surface area (Å²) in [6.07, 6.45) is 0. The number of nitrogens with zero attached hydrogens (tertiary/aromatic N) is 2. The van der Waals surface area contributed by atoms with Crippen molar-refractivity contribution in [2.45, 2.75) is 20.4 Å². The smallest absolute Gasteiger partial charge is 0.276 e. The predicted octanol–water partition coefficient (Wildman–Crippen LogP) is 2.87. The Morgan fingerprint density at radius 2 is 2.04 bits per heavy atom. The summed E-state index contributed by atoms with van der Waals surface area (Å²) in [6, 6.07) is 11.8. The molecule has 7 heteroatoms. The van der Waals surface area contributed by atoms with Crippen molar-refractivity contribution in [1.29, 1.82) is 0 Å². The van der Waals surface area contributed by atoms with Crippen molar-refractivity contribution in [3.8, 4) is 5.75 Å². The lowest BCUT2D eigenvalue weighted by atomic mass is 10.1. The van der Waals surface area contributed by atoms with Crippen LogP contribution < -0.4 is 10.0 Å². The Morgan fingerprint density at radius 1 is 1.26 bits per heavy atom. The molecule has 7 nitrogen and oxygen atoms in total. The van der Waals surface area contributed by atoms with Gasteiger partial charge in [0.05, 0.1) is 6.54 Å². The van der Waals surface area contributed by atoms with Crippen LogP contribution in [0.2, 0.25) is 0 Å². The second kappa shape index (κ2) is 6.28. The van der Waals surface area contributed by atoms with Crippen molar-refractivity contribution < 1.29 is 19.0 Å². The van der Waals surface area contributed by atoms with E-state index in [0.717, 1.165) is 10.9 Å². The zero-order valence-corrected chi connectivity index (χ0v) is 14.8. The summed E-state index contributed by atoms with van der Waals surface area (Å²) in [7, 11) is 0. The molecule has 0 radical (unpaired) electrons. The van der Waals surface area contributed by atoms with Crippen molar-refractivity contribution >= 4 is 27.9 Å². The van der Waals surface area contributed by atoms with E-state index in [-0.39, 0.29) is 23.7 Å². The van der Waals surface area contributed by atoms with Crippen LogP contribution >= 0.6 is 0 Å². The first-order valence-electron chi connectivity index (χ1n) is 8.44. The maximum Gasteiger partial charge on any atom is 0.276 e. The van der Waals surface area contributed by atoms with Gasteiger partial charge in [-0.15, -0.1) is 0 Å². The topological polar surface area (TPSA) is 102 Å². The predicted molar refractivity (Wildman–Crippen MR) is 99.2 cm³/mol. The number of hydrogen-bond donors (Lipinski definition) is 2. The minimum atomic E-state index is -0.453. The highest BCUT2D eigenvalue weighted by Gasteiger charge is 2.21. The maximum absolute atomic E-state index is 12.6. The zero-order chi connectivity index (χ0) is 19.1. The summed E-state index contributed by atoms with van der Waals surface area (Å²) in [6.45, 7) is 3.60. The molecule has 0 aliphatic rings. The maximum atomic E-state index is 12.6. The summed E-state index contributed by atoms with van der Waals surface area (Å²) in [5, 5.41) is 25.6. The molecule has 0 spiro atoms. The Hall–Kier alpha value is -3.61. The normalized spacial score (nSPS) is 11.2. The van der Waals surface area contributed by atoms with Crippen LogP contribution in [0.3, 0.4) is 0 Å². The highest BCUT2D eigenvalue weighted by molar-refractivity contribution is 5.94. The summed E-state index contributed by atoms with van der Waals surface area (Å²) >= 11 is 0. The molecule has 0 bridgehead atoms. The van der Waals surface area contributed by atoms with Crippen molar-refractivity contribution in [2.75, 3.05) is 0 Å². The number of rotatable bonds is 3. The van der Waals surface area contributed by atoms with Crippen LogP contribution in [0, 0.1) is 19.1 Å². The van der Waals surface area contributed by atoms with Gasteiger partial charge in [0.1, 0.15) is 22.6 Å². The molecular weight excluding hydrogens is 346 g/mol. The molecule has 0 aliphatic carbocycles. The van der Waals surface area contributed by atoms with Gasteiger partial charge >= 0.3 is 0 Å². The molecule has 0 atom stereocenters. The number of aromatic nitrogens is 2. The van der Waals surface area contributed by atoms with Gasteiger partial charge in [-0.3, -0.25) is 4.79 Å². The van der Waals surface area contributed by atoms with Crippen molar-refractivity contribution in [2.24, 2.45) is 0 Å². The number of phenols is 1. The summed E-state index contributed by atoms with van der Waals surface area (Å²) in [5.74, 6) is 0.241. The molecule has 1 amide bonds. The standard InChI is InChI=1S/C20H17N3O4/c1-11-14-8-7-13(24)9-17(14)27-18(11)10-21-20(25)19-12(2)23(26)16-6-4-3-5-15(16)22-19/h3-9,24H,10H2,1-2H3,(H,21,25). The average molecular weight is 363 g/mol. The van der Waals surface area contributed by atoms with Crippen molar-refractivity contribution in [1.82, 2.24) is 10.3 Å². The number of aromatic hydroxyl groups is 1. The zero-order valence-electron chi connectivity index (χ0n) is 14.8. The average Bonchev–Trinajstić information content (AvgIpc) is 2.97. The minimum absolute atomic E-state index is 0.0788. The molecule has 0 fully saturated rings. The third kappa shape index (κ3) is 2.83. The number of aryl methyl sites for hydroxylation is 1. The molecule has 4 rings (SSSR count). The van der Waals surface area contributed by atoms with Crippen LogP contribution in [0.4, 0.5) is 0 Å². The number of phenolic OH excluding ortho intramolecular Hbond substituents is 1.